The molecule has 3 N–H and O–H groups in total. The molecule has 6 heteroatoms. The Balaban J connectivity index is 2.08. The molecule has 0 saturated heterocycles. The predicted octanol–water partition coefficient (Wildman–Crippen LogP) is 2.62. The van der Waals surface area contributed by atoms with E-state index in [9.17, 15) is 4.79 Å². The second kappa shape index (κ2) is 6.38. The van der Waals surface area contributed by atoms with E-state index in [1.807, 2.05) is 18.2 Å². The summed E-state index contributed by atoms with van der Waals surface area (Å²) in [6.45, 7) is 0. The summed E-state index contributed by atoms with van der Waals surface area (Å²) in [6.07, 6.45) is 1.73. The number of nitrogens with one attached hydrogen (secondary N) is 1. The number of nitrogens with two attached hydrogens (primary N) is 1. The number of benzene rings is 1. The summed E-state index contributed by atoms with van der Waals surface area (Å²) < 4.78 is 6.14. The molecule has 0 bridgehead atoms. The van der Waals surface area contributed by atoms with Gasteiger partial charge in [-0.25, -0.2) is 4.98 Å². The van der Waals surface area contributed by atoms with Gasteiger partial charge in [0.2, 0.25) is 5.91 Å². The van der Waals surface area contributed by atoms with Gasteiger partial charge in [-0.2, -0.15) is 0 Å². The second-order valence-electron chi connectivity index (χ2n) is 4.15. The van der Waals surface area contributed by atoms with Gasteiger partial charge in [0.05, 0.1) is 25.4 Å². The predicted molar refractivity (Wildman–Crippen MR) is 81.7 cm³/mol. The van der Waals surface area contributed by atoms with Crippen molar-refractivity contribution >= 4 is 33.3 Å². The minimum absolute atomic E-state index is 0.145. The van der Waals surface area contributed by atoms with Crippen molar-refractivity contribution in [3.8, 4) is 5.75 Å². The molecule has 2 aromatic rings. The first kappa shape index (κ1) is 14.3. The van der Waals surface area contributed by atoms with E-state index in [-0.39, 0.29) is 12.3 Å². The molecular formula is C14H14BrN3O2. The van der Waals surface area contributed by atoms with Gasteiger partial charge in [-0.1, -0.05) is 15.9 Å². The van der Waals surface area contributed by atoms with Crippen LogP contribution in [0.4, 0.5) is 11.5 Å². The Labute approximate surface area is 125 Å². The smallest absolute Gasteiger partial charge is 0.228 e. The van der Waals surface area contributed by atoms with Crippen LogP contribution in [0.25, 0.3) is 0 Å². The van der Waals surface area contributed by atoms with E-state index in [1.54, 1.807) is 19.2 Å². The molecule has 0 atom stereocenters. The Morgan fingerprint density at radius 3 is 2.85 bits per heavy atom. The molecule has 5 nitrogen and oxygen atoms in total. The third-order valence-corrected chi connectivity index (χ3v) is 3.16. The quantitative estimate of drug-likeness (QED) is 0.900. The molecule has 0 unspecified atom stereocenters. The molecule has 1 amide bonds. The van der Waals surface area contributed by atoms with Crippen molar-refractivity contribution in [2.75, 3.05) is 18.2 Å². The highest BCUT2D eigenvalue weighted by Gasteiger charge is 2.10. The first-order valence-corrected chi connectivity index (χ1v) is 6.71. The van der Waals surface area contributed by atoms with Crippen LogP contribution in [0.3, 0.4) is 0 Å². The molecule has 0 saturated carbocycles. The minimum atomic E-state index is -0.145. The number of methoxy groups -OCH3 is 1. The number of hydrogen-bond acceptors (Lipinski definition) is 4. The fourth-order valence-electron chi connectivity index (χ4n) is 1.74. The van der Waals surface area contributed by atoms with E-state index in [0.29, 0.717) is 17.3 Å². The number of rotatable bonds is 4. The average molecular weight is 336 g/mol. The van der Waals surface area contributed by atoms with E-state index in [0.717, 1.165) is 10.0 Å². The summed E-state index contributed by atoms with van der Waals surface area (Å²) >= 11 is 3.38. The number of carbonyl (C=O) groups is 1. The molecule has 0 aliphatic rings. The summed E-state index contributed by atoms with van der Waals surface area (Å²) in [5, 5.41) is 2.76. The van der Waals surface area contributed by atoms with Gasteiger partial charge in [-0.15, -0.1) is 0 Å². The van der Waals surface area contributed by atoms with Gasteiger partial charge in [0.1, 0.15) is 11.6 Å². The van der Waals surface area contributed by atoms with E-state index in [2.05, 4.69) is 26.2 Å². The topological polar surface area (TPSA) is 77.2 Å². The van der Waals surface area contributed by atoms with Crippen molar-refractivity contribution in [1.29, 1.82) is 0 Å². The average Bonchev–Trinajstić information content (AvgIpc) is 2.41. The molecule has 20 heavy (non-hydrogen) atoms. The van der Waals surface area contributed by atoms with Crippen LogP contribution in [0, 0.1) is 0 Å². The van der Waals surface area contributed by atoms with Gasteiger partial charge < -0.3 is 15.8 Å². The Morgan fingerprint density at radius 1 is 1.40 bits per heavy atom. The number of anilines is 2. The number of nitrogen functional groups attached to an aromatic ring is 1. The number of carbonyl (C=O) groups excluding carboxylic acids is 1. The highest BCUT2D eigenvalue weighted by atomic mass is 79.9. The highest BCUT2D eigenvalue weighted by Crippen LogP contribution is 2.23. The SMILES string of the molecule is COc1ccc(Br)cc1CC(=O)Nc1ccc(N)nc1. The normalized spacial score (nSPS) is 10.1. The Kier molecular flexibility index (Phi) is 4.57. The molecule has 104 valence electrons. The first-order valence-electron chi connectivity index (χ1n) is 5.92. The second-order valence-corrected chi connectivity index (χ2v) is 5.07. The number of aromatic nitrogens is 1. The third-order valence-electron chi connectivity index (χ3n) is 2.66. The number of hydrogen-bond donors (Lipinski definition) is 2. The van der Waals surface area contributed by atoms with Gasteiger partial charge in [-0.05, 0) is 30.3 Å². The summed E-state index contributed by atoms with van der Waals surface area (Å²) in [7, 11) is 1.58. The summed E-state index contributed by atoms with van der Waals surface area (Å²) in [6, 6.07) is 8.88. The van der Waals surface area contributed by atoms with Crippen molar-refractivity contribution in [2.45, 2.75) is 6.42 Å². The molecule has 0 radical (unpaired) electrons. The van der Waals surface area contributed by atoms with E-state index in [1.165, 1.54) is 6.20 Å². The van der Waals surface area contributed by atoms with Crippen molar-refractivity contribution in [1.82, 2.24) is 4.98 Å². The first-order chi connectivity index (χ1) is 9.58. The lowest BCUT2D eigenvalue weighted by Gasteiger charge is -2.09. The fraction of sp³-hybridized carbons (Fsp3) is 0.143. The summed E-state index contributed by atoms with van der Waals surface area (Å²) in [4.78, 5) is 15.9. The fourth-order valence-corrected chi connectivity index (χ4v) is 2.15. The monoisotopic (exact) mass is 335 g/mol. The lowest BCUT2D eigenvalue weighted by Crippen LogP contribution is -2.15. The standard InChI is InChI=1S/C14H14BrN3O2/c1-20-12-4-2-10(15)6-9(12)7-14(19)18-11-3-5-13(16)17-8-11/h2-6,8H,7H2,1H3,(H2,16,17)(H,18,19). The van der Waals surface area contributed by atoms with Gasteiger partial charge >= 0.3 is 0 Å². The molecule has 1 heterocycles. The van der Waals surface area contributed by atoms with Crippen molar-refractivity contribution in [3.05, 3.63) is 46.6 Å². The number of halogens is 1. The molecule has 1 aromatic carbocycles. The van der Waals surface area contributed by atoms with Crippen LogP contribution in [0.5, 0.6) is 5.75 Å². The molecule has 0 spiro atoms. The van der Waals surface area contributed by atoms with Crippen molar-refractivity contribution in [3.63, 3.8) is 0 Å². The zero-order chi connectivity index (χ0) is 14.5. The number of ether oxygens (including phenoxy) is 1. The maximum atomic E-state index is 12.0. The lowest BCUT2D eigenvalue weighted by molar-refractivity contribution is -0.115. The van der Waals surface area contributed by atoms with Gasteiger partial charge in [0.25, 0.3) is 0 Å². The largest absolute Gasteiger partial charge is 0.496 e. The van der Waals surface area contributed by atoms with E-state index in [4.69, 9.17) is 10.5 Å². The number of pyridine rings is 1. The Bertz CT molecular complexity index is 614. The lowest BCUT2D eigenvalue weighted by atomic mass is 10.1. The zero-order valence-corrected chi connectivity index (χ0v) is 12.5. The molecule has 1 aromatic heterocycles. The summed E-state index contributed by atoms with van der Waals surface area (Å²) in [5.41, 5.74) is 6.91. The van der Waals surface area contributed by atoms with Crippen LogP contribution in [-0.2, 0) is 11.2 Å². The third kappa shape index (κ3) is 3.71. The zero-order valence-electron chi connectivity index (χ0n) is 10.9. The Hall–Kier alpha value is -2.08. The molecule has 0 fully saturated rings. The molecule has 0 aliphatic carbocycles. The Morgan fingerprint density at radius 2 is 2.20 bits per heavy atom. The molecule has 0 aliphatic heterocycles. The van der Waals surface area contributed by atoms with Gasteiger partial charge in [-0.3, -0.25) is 4.79 Å². The van der Waals surface area contributed by atoms with Crippen LogP contribution < -0.4 is 15.8 Å². The van der Waals surface area contributed by atoms with Crippen LogP contribution in [0.1, 0.15) is 5.56 Å². The van der Waals surface area contributed by atoms with Crippen LogP contribution in [0.2, 0.25) is 0 Å². The maximum absolute atomic E-state index is 12.0. The number of amides is 1. The van der Waals surface area contributed by atoms with Gasteiger partial charge in [0, 0.05) is 10.0 Å². The number of nitrogens with zero attached hydrogens (tertiary/aromatic N) is 1. The molecular weight excluding hydrogens is 322 g/mol. The van der Waals surface area contributed by atoms with Crippen molar-refractivity contribution < 1.29 is 9.53 Å². The van der Waals surface area contributed by atoms with Crippen LogP contribution in [-0.4, -0.2) is 18.0 Å². The van der Waals surface area contributed by atoms with Gasteiger partial charge in [0.15, 0.2) is 0 Å². The van der Waals surface area contributed by atoms with E-state index < -0.39 is 0 Å². The maximum Gasteiger partial charge on any atom is 0.228 e. The van der Waals surface area contributed by atoms with Crippen LogP contribution >= 0.6 is 15.9 Å². The summed E-state index contributed by atoms with van der Waals surface area (Å²) in [5.74, 6) is 0.948. The van der Waals surface area contributed by atoms with E-state index >= 15 is 0 Å². The van der Waals surface area contributed by atoms with Crippen molar-refractivity contribution in [2.24, 2.45) is 0 Å². The van der Waals surface area contributed by atoms with Crippen LogP contribution in [0.15, 0.2) is 41.0 Å². The highest BCUT2D eigenvalue weighted by molar-refractivity contribution is 9.10. The molecule has 2 rings (SSSR count). The minimum Gasteiger partial charge on any atom is -0.496 e.